The Morgan fingerprint density at radius 2 is 1.93 bits per heavy atom. The van der Waals surface area contributed by atoms with Crippen LogP contribution in [0.5, 0.6) is 0 Å². The first-order chi connectivity index (χ1) is 6.88. The molecule has 0 radical (unpaired) electrons. The van der Waals surface area contributed by atoms with Crippen molar-refractivity contribution in [2.24, 2.45) is 11.0 Å². The van der Waals surface area contributed by atoms with E-state index in [0.29, 0.717) is 0 Å². The fourth-order valence-corrected chi connectivity index (χ4v) is 2.14. The molecule has 1 atom stereocenters. The molecule has 0 aromatic rings. The summed E-state index contributed by atoms with van der Waals surface area (Å²) in [5, 5.41) is 0. The zero-order valence-corrected chi connectivity index (χ0v) is 9.61. The lowest BCUT2D eigenvalue weighted by Gasteiger charge is -2.17. The van der Waals surface area contributed by atoms with Gasteiger partial charge in [-0.2, -0.15) is 0 Å². The Hall–Kier alpha value is -0.420. The Balaban J connectivity index is 2.35. The first-order valence-corrected chi connectivity index (χ1v) is 6.71. The lowest BCUT2D eigenvalue weighted by atomic mass is 10.3. The van der Waals surface area contributed by atoms with E-state index in [1.807, 2.05) is 0 Å². The van der Waals surface area contributed by atoms with Crippen molar-refractivity contribution in [3.63, 3.8) is 0 Å². The Morgan fingerprint density at radius 3 is 2.40 bits per heavy atom. The van der Waals surface area contributed by atoms with Gasteiger partial charge in [0.05, 0.1) is 0 Å². The van der Waals surface area contributed by atoms with Crippen LogP contribution in [0.3, 0.4) is 0 Å². The molecule has 0 bridgehead atoms. The highest BCUT2D eigenvalue weighted by molar-refractivity contribution is 7.53. The molecule has 0 unspecified atom stereocenters. The summed E-state index contributed by atoms with van der Waals surface area (Å²) in [6.45, 7) is 1.42. The minimum atomic E-state index is -3.62. The van der Waals surface area contributed by atoms with Crippen molar-refractivity contribution in [3.8, 4) is 0 Å². The number of nitrogens with two attached hydrogens (primary N) is 2. The molecular weight excluding hydrogens is 219 g/mol. The van der Waals surface area contributed by atoms with Crippen LogP contribution in [0.4, 0.5) is 0 Å². The van der Waals surface area contributed by atoms with Gasteiger partial charge in [-0.1, -0.05) is 0 Å². The highest BCUT2D eigenvalue weighted by Crippen LogP contribution is 2.29. The second-order valence-corrected chi connectivity index (χ2v) is 5.24. The van der Waals surface area contributed by atoms with Gasteiger partial charge in [0.25, 0.3) is 0 Å². The maximum atomic E-state index is 11.4. The zero-order chi connectivity index (χ0) is 11.5. The van der Waals surface area contributed by atoms with E-state index in [-0.39, 0.29) is 6.10 Å². The van der Waals surface area contributed by atoms with Crippen LogP contribution < -0.4 is 11.0 Å². The molecule has 88 valence electrons. The standard InChI is InChI=1S/C8H17N2O4P/c1-6(14-15(9,10)12)8(11)13-7-4-2-3-5-7/h6-7H,2-5H2,1H3,(H4,9,10,12)/t6-/m0/s1. The lowest BCUT2D eigenvalue weighted by Crippen LogP contribution is -2.28. The third-order valence-corrected chi connectivity index (χ3v) is 2.89. The van der Waals surface area contributed by atoms with E-state index in [4.69, 9.17) is 15.7 Å². The Morgan fingerprint density at radius 1 is 1.40 bits per heavy atom. The van der Waals surface area contributed by atoms with Crippen molar-refractivity contribution in [2.45, 2.75) is 44.8 Å². The van der Waals surface area contributed by atoms with Crippen LogP contribution in [0.15, 0.2) is 0 Å². The molecule has 1 rings (SSSR count). The third kappa shape index (κ3) is 4.75. The molecule has 0 saturated heterocycles. The van der Waals surface area contributed by atoms with Crippen LogP contribution in [0, 0.1) is 0 Å². The number of rotatable bonds is 4. The molecule has 6 nitrogen and oxygen atoms in total. The summed E-state index contributed by atoms with van der Waals surface area (Å²) in [7, 11) is -3.62. The fraction of sp³-hybridized carbons (Fsp3) is 0.875. The summed E-state index contributed by atoms with van der Waals surface area (Å²) in [6, 6.07) is 0. The molecule has 0 aliphatic heterocycles. The Labute approximate surface area is 88.8 Å². The van der Waals surface area contributed by atoms with Crippen molar-refractivity contribution in [3.05, 3.63) is 0 Å². The summed E-state index contributed by atoms with van der Waals surface area (Å²) in [5.41, 5.74) is 9.97. The van der Waals surface area contributed by atoms with Crippen LogP contribution in [-0.4, -0.2) is 18.2 Å². The number of carbonyl (C=O) groups is 1. The quantitative estimate of drug-likeness (QED) is 0.555. The van der Waals surface area contributed by atoms with Gasteiger partial charge >= 0.3 is 13.6 Å². The summed E-state index contributed by atoms with van der Waals surface area (Å²) in [6.07, 6.45) is 2.87. The predicted octanol–water partition coefficient (Wildman–Crippen LogP) is 0.903. The summed E-state index contributed by atoms with van der Waals surface area (Å²) >= 11 is 0. The second kappa shape index (κ2) is 5.07. The van der Waals surface area contributed by atoms with Crippen molar-refractivity contribution in [1.82, 2.24) is 0 Å². The van der Waals surface area contributed by atoms with Crippen molar-refractivity contribution >= 4 is 13.6 Å². The van der Waals surface area contributed by atoms with Gasteiger partial charge in [0, 0.05) is 0 Å². The molecule has 0 spiro atoms. The summed E-state index contributed by atoms with van der Waals surface area (Å²) in [5.74, 6) is -0.557. The van der Waals surface area contributed by atoms with E-state index in [2.05, 4.69) is 4.52 Å². The minimum Gasteiger partial charge on any atom is -0.460 e. The average Bonchev–Trinajstić information content (AvgIpc) is 2.53. The van der Waals surface area contributed by atoms with Crippen LogP contribution in [0.1, 0.15) is 32.6 Å². The highest BCUT2D eigenvalue weighted by Gasteiger charge is 2.26. The van der Waals surface area contributed by atoms with Gasteiger partial charge in [-0.3, -0.25) is 9.09 Å². The van der Waals surface area contributed by atoms with Crippen LogP contribution >= 0.6 is 7.67 Å². The first kappa shape index (κ1) is 12.6. The molecule has 1 saturated carbocycles. The van der Waals surface area contributed by atoms with Crippen LogP contribution in [0.2, 0.25) is 0 Å². The maximum Gasteiger partial charge on any atom is 0.336 e. The average molecular weight is 236 g/mol. The smallest absolute Gasteiger partial charge is 0.336 e. The predicted molar refractivity (Wildman–Crippen MR) is 54.9 cm³/mol. The van der Waals surface area contributed by atoms with Gasteiger partial charge < -0.3 is 4.74 Å². The lowest BCUT2D eigenvalue weighted by molar-refractivity contribution is -0.156. The van der Waals surface area contributed by atoms with Crippen LogP contribution in [0.25, 0.3) is 0 Å². The molecule has 1 aliphatic rings. The molecule has 1 fully saturated rings. The number of esters is 1. The fourth-order valence-electron chi connectivity index (χ4n) is 1.56. The molecule has 0 aromatic carbocycles. The Kier molecular flexibility index (Phi) is 4.28. The number of hydrogen-bond acceptors (Lipinski definition) is 4. The minimum absolute atomic E-state index is 0.0431. The second-order valence-electron chi connectivity index (χ2n) is 3.74. The first-order valence-electron chi connectivity index (χ1n) is 4.94. The number of carbonyl (C=O) groups excluding carboxylic acids is 1. The van der Waals surface area contributed by atoms with E-state index < -0.39 is 19.7 Å². The van der Waals surface area contributed by atoms with E-state index in [1.165, 1.54) is 6.92 Å². The monoisotopic (exact) mass is 236 g/mol. The molecule has 1 aliphatic carbocycles. The van der Waals surface area contributed by atoms with E-state index >= 15 is 0 Å². The molecule has 7 heteroatoms. The van der Waals surface area contributed by atoms with Crippen molar-refractivity contribution in [2.75, 3.05) is 0 Å². The van der Waals surface area contributed by atoms with Gasteiger partial charge in [-0.05, 0) is 32.6 Å². The highest BCUT2D eigenvalue weighted by atomic mass is 31.2. The molecular formula is C8H17N2O4P. The molecule has 0 heterocycles. The van der Waals surface area contributed by atoms with Crippen LogP contribution in [-0.2, 0) is 18.6 Å². The molecule has 0 amide bonds. The van der Waals surface area contributed by atoms with Gasteiger partial charge in [0.1, 0.15) is 6.10 Å². The zero-order valence-electron chi connectivity index (χ0n) is 8.72. The SMILES string of the molecule is C[C@H](OP(N)(N)=O)C(=O)OC1CCCC1. The summed E-state index contributed by atoms with van der Waals surface area (Å²) < 4.78 is 20.7. The van der Waals surface area contributed by atoms with Crippen molar-refractivity contribution < 1.29 is 18.6 Å². The topological polar surface area (TPSA) is 105 Å². The van der Waals surface area contributed by atoms with E-state index in [1.54, 1.807) is 0 Å². The molecule has 0 aromatic heterocycles. The van der Waals surface area contributed by atoms with Gasteiger partial charge in [0.15, 0.2) is 6.10 Å². The van der Waals surface area contributed by atoms with Gasteiger partial charge in [-0.15, -0.1) is 0 Å². The van der Waals surface area contributed by atoms with E-state index in [9.17, 15) is 9.36 Å². The third-order valence-electron chi connectivity index (χ3n) is 2.24. The Bertz CT molecular complexity index is 272. The normalized spacial score (nSPS) is 20.2. The number of hydrogen-bond donors (Lipinski definition) is 2. The maximum absolute atomic E-state index is 11.4. The molecule has 4 N–H and O–H groups in total. The molecule has 15 heavy (non-hydrogen) atoms. The number of ether oxygens (including phenoxy) is 1. The van der Waals surface area contributed by atoms with Crippen molar-refractivity contribution in [1.29, 1.82) is 0 Å². The summed E-state index contributed by atoms with van der Waals surface area (Å²) in [4.78, 5) is 11.4. The largest absolute Gasteiger partial charge is 0.460 e. The van der Waals surface area contributed by atoms with Gasteiger partial charge in [-0.25, -0.2) is 15.8 Å². The van der Waals surface area contributed by atoms with E-state index in [0.717, 1.165) is 25.7 Å². The van der Waals surface area contributed by atoms with Gasteiger partial charge in [0.2, 0.25) is 0 Å².